The van der Waals surface area contributed by atoms with Crippen molar-refractivity contribution in [2.45, 2.75) is 38.5 Å². The van der Waals surface area contributed by atoms with Gasteiger partial charge in [0.25, 0.3) is 0 Å². The van der Waals surface area contributed by atoms with E-state index in [-0.39, 0.29) is 17.2 Å². The number of aromatic nitrogens is 2. The van der Waals surface area contributed by atoms with Crippen LogP contribution in [-0.2, 0) is 10.2 Å². The smallest absolute Gasteiger partial charge is 0.307 e. The zero-order valence-corrected chi connectivity index (χ0v) is 13.9. The number of carbonyl (C=O) groups is 1. The number of carboxylic acids is 1. The van der Waals surface area contributed by atoms with Gasteiger partial charge in [0.15, 0.2) is 0 Å². The van der Waals surface area contributed by atoms with Gasteiger partial charge in [0, 0.05) is 11.0 Å². The van der Waals surface area contributed by atoms with E-state index in [9.17, 15) is 14.3 Å². The first kappa shape index (κ1) is 15.2. The van der Waals surface area contributed by atoms with Gasteiger partial charge in [-0.2, -0.15) is 10.2 Å². The first-order valence-corrected chi connectivity index (χ1v) is 8.14. The van der Waals surface area contributed by atoms with Gasteiger partial charge in [-0.25, -0.2) is 4.39 Å². The summed E-state index contributed by atoms with van der Waals surface area (Å²) in [5.74, 6) is -1.47. The van der Waals surface area contributed by atoms with Crippen molar-refractivity contribution in [3.05, 3.63) is 47.4 Å². The number of nitrogens with zero attached hydrogens (tertiary/aromatic N) is 2. The van der Waals surface area contributed by atoms with Crippen LogP contribution in [0.25, 0.3) is 11.3 Å². The van der Waals surface area contributed by atoms with Crippen LogP contribution >= 0.6 is 0 Å². The fraction of sp³-hybridized carbons (Fsp3) is 0.421. The third-order valence-corrected chi connectivity index (χ3v) is 6.52. The Bertz CT molecular complexity index is 864. The normalized spacial score (nSPS) is 29.5. The second-order valence-corrected chi connectivity index (χ2v) is 7.62. The lowest BCUT2D eigenvalue weighted by Gasteiger charge is -2.37. The van der Waals surface area contributed by atoms with Crippen LogP contribution < -0.4 is 0 Å². The molecule has 2 bridgehead atoms. The van der Waals surface area contributed by atoms with Gasteiger partial charge < -0.3 is 5.11 Å². The van der Waals surface area contributed by atoms with Crippen LogP contribution in [0.1, 0.15) is 44.4 Å². The summed E-state index contributed by atoms with van der Waals surface area (Å²) in [5.41, 5.74) is 1.93. The molecule has 1 fully saturated rings. The van der Waals surface area contributed by atoms with Crippen molar-refractivity contribution in [3.63, 3.8) is 0 Å². The lowest BCUT2D eigenvalue weighted by molar-refractivity contribution is -0.144. The number of rotatable bonds is 2. The molecule has 1 saturated carbocycles. The molecule has 4 rings (SSSR count). The summed E-state index contributed by atoms with van der Waals surface area (Å²) >= 11 is 0. The van der Waals surface area contributed by atoms with E-state index in [4.69, 9.17) is 0 Å². The number of halogens is 1. The van der Waals surface area contributed by atoms with Crippen molar-refractivity contribution in [2.24, 2.45) is 11.3 Å². The van der Waals surface area contributed by atoms with Crippen LogP contribution in [-0.4, -0.2) is 21.3 Å². The highest BCUT2D eigenvalue weighted by Crippen LogP contribution is 2.69. The molecule has 5 heteroatoms. The summed E-state index contributed by atoms with van der Waals surface area (Å²) in [6, 6.07) is 8.40. The molecule has 3 atom stereocenters. The Morgan fingerprint density at radius 1 is 1.25 bits per heavy atom. The van der Waals surface area contributed by atoms with Crippen LogP contribution in [0, 0.1) is 17.2 Å². The molecular weight excluding hydrogens is 307 g/mol. The standard InChI is InChI=1S/C19H19FN2O2/c1-18(2)12-9-13(17(23)24)19(18,3)16-11(12)8-15(21-22-16)10-6-4-5-7-14(10)20/h4-8,12-13H,9H2,1-3H3,(H,23,24). The molecule has 0 aliphatic heterocycles. The second kappa shape index (κ2) is 4.62. The number of fused-ring (bicyclic) bond motifs is 5. The molecule has 124 valence electrons. The Kier molecular flexibility index (Phi) is 2.93. The molecule has 1 aromatic carbocycles. The lowest BCUT2D eigenvalue weighted by Crippen LogP contribution is -2.41. The van der Waals surface area contributed by atoms with Crippen molar-refractivity contribution >= 4 is 5.97 Å². The van der Waals surface area contributed by atoms with Gasteiger partial charge >= 0.3 is 5.97 Å². The van der Waals surface area contributed by atoms with Gasteiger partial charge in [0.1, 0.15) is 5.82 Å². The number of benzene rings is 1. The highest BCUT2D eigenvalue weighted by atomic mass is 19.1. The first-order valence-electron chi connectivity index (χ1n) is 8.14. The van der Waals surface area contributed by atoms with Crippen LogP contribution in [0.4, 0.5) is 4.39 Å². The Morgan fingerprint density at radius 3 is 2.62 bits per heavy atom. The van der Waals surface area contributed by atoms with Crippen molar-refractivity contribution in [1.82, 2.24) is 10.2 Å². The van der Waals surface area contributed by atoms with E-state index >= 15 is 0 Å². The number of hydrogen-bond donors (Lipinski definition) is 1. The van der Waals surface area contributed by atoms with E-state index in [0.717, 1.165) is 11.3 Å². The van der Waals surface area contributed by atoms with E-state index in [1.54, 1.807) is 18.2 Å². The minimum absolute atomic E-state index is 0.0969. The van der Waals surface area contributed by atoms with E-state index in [1.807, 2.05) is 13.0 Å². The highest BCUT2D eigenvalue weighted by Gasteiger charge is 2.67. The topological polar surface area (TPSA) is 63.1 Å². The zero-order chi connectivity index (χ0) is 17.3. The Morgan fingerprint density at radius 2 is 1.96 bits per heavy atom. The zero-order valence-electron chi connectivity index (χ0n) is 13.9. The number of aliphatic carboxylic acids is 1. The molecule has 0 radical (unpaired) electrons. The molecule has 1 heterocycles. The average Bonchev–Trinajstić information content (AvgIpc) is 2.84. The molecule has 0 spiro atoms. The largest absolute Gasteiger partial charge is 0.481 e. The van der Waals surface area contributed by atoms with E-state index in [0.29, 0.717) is 17.7 Å². The molecule has 2 aromatic rings. The molecule has 1 aromatic heterocycles. The highest BCUT2D eigenvalue weighted by molar-refractivity contribution is 5.76. The summed E-state index contributed by atoms with van der Waals surface area (Å²) in [7, 11) is 0. The summed E-state index contributed by atoms with van der Waals surface area (Å²) in [4.78, 5) is 11.7. The minimum Gasteiger partial charge on any atom is -0.481 e. The van der Waals surface area contributed by atoms with Crippen LogP contribution in [0.2, 0.25) is 0 Å². The van der Waals surface area contributed by atoms with Gasteiger partial charge in [0.2, 0.25) is 0 Å². The average molecular weight is 326 g/mol. The lowest BCUT2D eigenvalue weighted by atomic mass is 9.66. The van der Waals surface area contributed by atoms with Gasteiger partial charge in [-0.3, -0.25) is 4.79 Å². The SMILES string of the molecule is CC1(C)C2CC(C(=O)O)C1(C)c1nnc(-c3ccccc3F)cc12. The molecule has 2 aliphatic carbocycles. The third kappa shape index (κ3) is 1.65. The predicted octanol–water partition coefficient (Wildman–Crippen LogP) is 3.77. The van der Waals surface area contributed by atoms with Crippen molar-refractivity contribution in [3.8, 4) is 11.3 Å². The maximum absolute atomic E-state index is 14.1. The molecule has 2 aliphatic rings. The molecule has 0 saturated heterocycles. The minimum atomic E-state index is -0.779. The van der Waals surface area contributed by atoms with Crippen LogP contribution in [0.3, 0.4) is 0 Å². The fourth-order valence-corrected chi connectivity index (χ4v) is 4.79. The quantitative estimate of drug-likeness (QED) is 0.912. The predicted molar refractivity (Wildman–Crippen MR) is 87.0 cm³/mol. The maximum atomic E-state index is 14.1. The van der Waals surface area contributed by atoms with Gasteiger partial charge in [-0.1, -0.05) is 32.9 Å². The Labute approximate surface area is 139 Å². The summed E-state index contributed by atoms with van der Waals surface area (Å²) < 4.78 is 14.1. The van der Waals surface area contributed by atoms with E-state index < -0.39 is 17.3 Å². The third-order valence-electron chi connectivity index (χ3n) is 6.52. The molecule has 3 unspecified atom stereocenters. The maximum Gasteiger partial charge on any atom is 0.307 e. The van der Waals surface area contributed by atoms with Gasteiger partial charge in [-0.05, 0) is 41.5 Å². The summed E-state index contributed by atoms with van der Waals surface area (Å²) in [6.07, 6.45) is 0.592. The Hall–Kier alpha value is -2.30. The van der Waals surface area contributed by atoms with Crippen molar-refractivity contribution in [2.75, 3.05) is 0 Å². The molecule has 0 amide bonds. The van der Waals surface area contributed by atoms with Gasteiger partial charge in [0.05, 0.1) is 17.3 Å². The molecule has 24 heavy (non-hydrogen) atoms. The van der Waals surface area contributed by atoms with E-state index in [2.05, 4.69) is 24.0 Å². The number of hydrogen-bond acceptors (Lipinski definition) is 3. The first-order chi connectivity index (χ1) is 11.3. The monoisotopic (exact) mass is 326 g/mol. The van der Waals surface area contributed by atoms with Crippen molar-refractivity contribution < 1.29 is 14.3 Å². The fourth-order valence-electron chi connectivity index (χ4n) is 4.79. The van der Waals surface area contributed by atoms with Crippen LogP contribution in [0.5, 0.6) is 0 Å². The molecular formula is C19H19FN2O2. The van der Waals surface area contributed by atoms with Crippen LogP contribution in [0.15, 0.2) is 30.3 Å². The Balaban J connectivity index is 1.89. The second-order valence-electron chi connectivity index (χ2n) is 7.62. The number of carboxylic acid groups (broad SMARTS) is 1. The van der Waals surface area contributed by atoms with E-state index in [1.165, 1.54) is 6.07 Å². The molecule has 1 N–H and O–H groups in total. The van der Waals surface area contributed by atoms with Crippen molar-refractivity contribution in [1.29, 1.82) is 0 Å². The van der Waals surface area contributed by atoms with Gasteiger partial charge in [-0.15, -0.1) is 0 Å². The molecule has 4 nitrogen and oxygen atoms in total. The summed E-state index contributed by atoms with van der Waals surface area (Å²) in [5, 5.41) is 18.2. The summed E-state index contributed by atoms with van der Waals surface area (Å²) in [6.45, 7) is 6.19.